The van der Waals surface area contributed by atoms with Crippen LogP contribution in [0.15, 0.2) is 91.1 Å². The molecule has 0 aliphatic heterocycles. The van der Waals surface area contributed by atoms with E-state index in [4.69, 9.17) is 8.83 Å². The van der Waals surface area contributed by atoms with Crippen molar-refractivity contribution < 1.29 is 13.9 Å². The number of nitrogens with zero attached hydrogens (tertiary/aromatic N) is 2. The van der Waals surface area contributed by atoms with Crippen LogP contribution in [0.5, 0.6) is 5.75 Å². The molecule has 0 aliphatic carbocycles. The number of oxazole rings is 1. The third kappa shape index (κ3) is 4.02. The molecule has 5 rings (SSSR count). The molecule has 0 saturated carbocycles. The minimum absolute atomic E-state index is 0.0813. The number of rotatable bonds is 4. The van der Waals surface area contributed by atoms with Gasteiger partial charge in [0.25, 0.3) is 0 Å². The minimum Gasteiger partial charge on any atom is -0.507 e. The Morgan fingerprint density at radius 1 is 0.935 bits per heavy atom. The van der Waals surface area contributed by atoms with E-state index in [9.17, 15) is 5.11 Å². The number of aliphatic imine (C=N–C) groups is 1. The van der Waals surface area contributed by atoms with Gasteiger partial charge in [0.2, 0.25) is 5.89 Å². The molecule has 5 nitrogen and oxygen atoms in total. The van der Waals surface area contributed by atoms with Gasteiger partial charge < -0.3 is 13.9 Å². The average Bonchev–Trinajstić information content (AvgIpc) is 3.40. The number of halogens is 1. The van der Waals surface area contributed by atoms with Crippen molar-refractivity contribution in [1.29, 1.82) is 0 Å². The summed E-state index contributed by atoms with van der Waals surface area (Å²) >= 11 is 3.43. The van der Waals surface area contributed by atoms with E-state index >= 15 is 0 Å². The lowest BCUT2D eigenvalue weighted by Gasteiger charge is -2.01. The fourth-order valence-electron chi connectivity index (χ4n) is 3.26. The van der Waals surface area contributed by atoms with Crippen molar-refractivity contribution in [2.24, 2.45) is 4.99 Å². The summed E-state index contributed by atoms with van der Waals surface area (Å²) in [5.74, 6) is 1.83. The zero-order valence-electron chi connectivity index (χ0n) is 16.5. The first-order valence-corrected chi connectivity index (χ1v) is 10.4. The van der Waals surface area contributed by atoms with Gasteiger partial charge in [0, 0.05) is 10.0 Å². The van der Waals surface area contributed by atoms with Crippen LogP contribution in [0.2, 0.25) is 0 Å². The molecule has 2 heterocycles. The molecule has 0 radical (unpaired) electrons. The van der Waals surface area contributed by atoms with Crippen molar-refractivity contribution in [3.63, 3.8) is 0 Å². The highest BCUT2D eigenvalue weighted by Crippen LogP contribution is 2.34. The molecule has 5 aromatic rings. The molecule has 6 heteroatoms. The highest BCUT2D eigenvalue weighted by atomic mass is 79.9. The fourth-order valence-corrected chi connectivity index (χ4v) is 3.52. The molecular formula is C25H17BrN2O3. The van der Waals surface area contributed by atoms with Gasteiger partial charge in [0.15, 0.2) is 5.58 Å². The van der Waals surface area contributed by atoms with Gasteiger partial charge >= 0.3 is 0 Å². The molecule has 0 unspecified atom stereocenters. The molecule has 3 aromatic carbocycles. The molecule has 0 bridgehead atoms. The van der Waals surface area contributed by atoms with Crippen molar-refractivity contribution in [2.45, 2.75) is 6.92 Å². The first kappa shape index (κ1) is 19.3. The number of aromatic nitrogens is 1. The summed E-state index contributed by atoms with van der Waals surface area (Å²) in [5.41, 5.74) is 4.63. The summed E-state index contributed by atoms with van der Waals surface area (Å²) in [5, 5.41) is 10.3. The Morgan fingerprint density at radius 3 is 2.61 bits per heavy atom. The third-order valence-corrected chi connectivity index (χ3v) is 5.38. The fraction of sp³-hybridized carbons (Fsp3) is 0.0400. The van der Waals surface area contributed by atoms with E-state index in [0.717, 1.165) is 26.9 Å². The third-order valence-electron chi connectivity index (χ3n) is 4.85. The maximum Gasteiger partial charge on any atom is 0.231 e. The molecule has 0 saturated heterocycles. The number of aryl methyl sites for hydroxylation is 1. The van der Waals surface area contributed by atoms with E-state index in [2.05, 4.69) is 25.9 Å². The highest BCUT2D eigenvalue weighted by molar-refractivity contribution is 9.10. The first-order chi connectivity index (χ1) is 15.0. The summed E-state index contributed by atoms with van der Waals surface area (Å²) in [7, 11) is 0. The normalized spacial score (nSPS) is 11.5. The molecule has 0 amide bonds. The van der Waals surface area contributed by atoms with Gasteiger partial charge in [-0.15, -0.1) is 0 Å². The van der Waals surface area contributed by atoms with Crippen molar-refractivity contribution in [3.05, 3.63) is 88.6 Å². The van der Waals surface area contributed by atoms with Crippen LogP contribution in [0.4, 0.5) is 5.69 Å². The van der Waals surface area contributed by atoms with E-state index < -0.39 is 0 Å². The van der Waals surface area contributed by atoms with Crippen LogP contribution in [0.25, 0.3) is 33.9 Å². The van der Waals surface area contributed by atoms with Crippen molar-refractivity contribution >= 4 is 38.9 Å². The minimum atomic E-state index is 0.0813. The number of benzene rings is 3. The number of phenols is 1. The lowest BCUT2D eigenvalue weighted by Crippen LogP contribution is -1.80. The van der Waals surface area contributed by atoms with Gasteiger partial charge in [0.1, 0.15) is 22.8 Å². The first-order valence-electron chi connectivity index (χ1n) is 9.65. The second-order valence-electron chi connectivity index (χ2n) is 7.16. The van der Waals surface area contributed by atoms with E-state index in [1.165, 1.54) is 0 Å². The lowest BCUT2D eigenvalue weighted by molar-refractivity contribution is 0.474. The Bertz CT molecular complexity index is 1410. The Balaban J connectivity index is 1.42. The number of furan rings is 1. The van der Waals surface area contributed by atoms with Crippen LogP contribution in [0, 0.1) is 6.92 Å². The summed E-state index contributed by atoms with van der Waals surface area (Å²) in [6.45, 7) is 2.00. The summed E-state index contributed by atoms with van der Waals surface area (Å²) in [6, 6.07) is 22.5. The van der Waals surface area contributed by atoms with Crippen molar-refractivity contribution in [3.8, 4) is 28.5 Å². The molecule has 0 fully saturated rings. The Kier molecular flexibility index (Phi) is 4.92. The average molecular weight is 473 g/mol. The smallest absolute Gasteiger partial charge is 0.231 e. The van der Waals surface area contributed by atoms with E-state index in [-0.39, 0.29) is 5.75 Å². The number of aromatic hydroxyl groups is 1. The SMILES string of the molecule is Cc1ccc2oc(-c3cc(N=Cc4ccc(-c5ccc(Br)cc5)o4)ccc3O)nc2c1. The highest BCUT2D eigenvalue weighted by Gasteiger charge is 2.13. The number of phenolic OH excluding ortho intramolecular Hbond substituents is 1. The van der Waals surface area contributed by atoms with Crippen LogP contribution in [0.3, 0.4) is 0 Å². The second kappa shape index (κ2) is 7.89. The second-order valence-corrected chi connectivity index (χ2v) is 8.07. The number of hydrogen-bond acceptors (Lipinski definition) is 5. The molecule has 0 aliphatic rings. The Morgan fingerprint density at radius 2 is 1.77 bits per heavy atom. The van der Waals surface area contributed by atoms with Crippen LogP contribution in [0.1, 0.15) is 11.3 Å². The number of fused-ring (bicyclic) bond motifs is 1. The van der Waals surface area contributed by atoms with E-state index in [1.54, 1.807) is 24.4 Å². The van der Waals surface area contributed by atoms with Crippen LogP contribution in [-0.2, 0) is 0 Å². The standard InChI is InChI=1S/C25H17BrN2O3/c1-15-2-10-24-21(12-15)28-25(31-24)20-13-18(7-9-22(20)29)27-14-19-8-11-23(30-19)16-3-5-17(26)6-4-16/h2-14,29H,1H3. The maximum absolute atomic E-state index is 10.3. The summed E-state index contributed by atoms with van der Waals surface area (Å²) < 4.78 is 12.7. The molecule has 152 valence electrons. The molecule has 1 N–H and O–H groups in total. The van der Waals surface area contributed by atoms with E-state index in [0.29, 0.717) is 28.5 Å². The molecule has 2 aromatic heterocycles. The van der Waals surface area contributed by atoms with Gasteiger partial charge in [-0.3, -0.25) is 4.99 Å². The van der Waals surface area contributed by atoms with Gasteiger partial charge in [-0.05, 0) is 67.1 Å². The zero-order valence-corrected chi connectivity index (χ0v) is 18.1. The summed E-state index contributed by atoms with van der Waals surface area (Å²) in [4.78, 5) is 8.99. The van der Waals surface area contributed by atoms with Crippen molar-refractivity contribution in [1.82, 2.24) is 4.98 Å². The van der Waals surface area contributed by atoms with Crippen LogP contribution < -0.4 is 0 Å². The van der Waals surface area contributed by atoms with Crippen molar-refractivity contribution in [2.75, 3.05) is 0 Å². The van der Waals surface area contributed by atoms with Gasteiger partial charge in [-0.2, -0.15) is 0 Å². The molecule has 0 spiro atoms. The molecular weight excluding hydrogens is 456 g/mol. The zero-order chi connectivity index (χ0) is 21.4. The van der Waals surface area contributed by atoms with Gasteiger partial charge in [-0.25, -0.2) is 4.98 Å². The number of hydrogen-bond donors (Lipinski definition) is 1. The predicted molar refractivity (Wildman–Crippen MR) is 125 cm³/mol. The lowest BCUT2D eigenvalue weighted by atomic mass is 10.2. The molecule has 0 atom stereocenters. The van der Waals surface area contributed by atoms with Crippen LogP contribution >= 0.6 is 15.9 Å². The Hall–Kier alpha value is -3.64. The van der Waals surface area contributed by atoms with Gasteiger partial charge in [-0.1, -0.05) is 34.1 Å². The summed E-state index contributed by atoms with van der Waals surface area (Å²) in [6.07, 6.45) is 1.65. The topological polar surface area (TPSA) is 71.8 Å². The van der Waals surface area contributed by atoms with E-state index in [1.807, 2.05) is 61.5 Å². The quantitative estimate of drug-likeness (QED) is 0.279. The predicted octanol–water partition coefficient (Wildman–Crippen LogP) is 7.28. The largest absolute Gasteiger partial charge is 0.507 e. The monoisotopic (exact) mass is 472 g/mol. The Labute approximate surface area is 186 Å². The van der Waals surface area contributed by atoms with Gasteiger partial charge in [0.05, 0.1) is 17.5 Å². The molecule has 31 heavy (non-hydrogen) atoms. The maximum atomic E-state index is 10.3. The van der Waals surface area contributed by atoms with Crippen LogP contribution in [-0.4, -0.2) is 16.3 Å².